The first-order valence-corrected chi connectivity index (χ1v) is 5.06. The highest BCUT2D eigenvalue weighted by atomic mass is 16.5. The number of carbonyl (C=O) groups is 2. The molecule has 0 fully saturated rings. The van der Waals surface area contributed by atoms with Gasteiger partial charge in [-0.2, -0.15) is 0 Å². The van der Waals surface area contributed by atoms with Crippen LogP contribution in [0.2, 0.25) is 0 Å². The number of ether oxygens (including phenoxy) is 1. The lowest BCUT2D eigenvalue weighted by atomic mass is 9.81. The number of hydrogen-bond donors (Lipinski definition) is 2. The normalized spacial score (nSPS) is 14.3. The average molecular weight is 218 g/mol. The Morgan fingerprint density at radius 1 is 1.33 bits per heavy atom. The summed E-state index contributed by atoms with van der Waals surface area (Å²) in [5.74, 6) is -1.90. The minimum atomic E-state index is -1.50. The Morgan fingerprint density at radius 2 is 1.93 bits per heavy atom. The van der Waals surface area contributed by atoms with Gasteiger partial charge in [0.2, 0.25) is 0 Å². The van der Waals surface area contributed by atoms with E-state index < -0.39 is 17.4 Å². The third-order valence-corrected chi connectivity index (χ3v) is 2.44. The van der Waals surface area contributed by atoms with Gasteiger partial charge in [0.05, 0.1) is 6.61 Å². The molecule has 0 aromatic carbocycles. The van der Waals surface area contributed by atoms with Gasteiger partial charge in [-0.25, -0.2) is 0 Å². The second-order valence-electron chi connectivity index (χ2n) is 3.29. The van der Waals surface area contributed by atoms with Crippen molar-refractivity contribution in [3.63, 3.8) is 0 Å². The largest absolute Gasteiger partial charge is 0.480 e. The number of esters is 1. The van der Waals surface area contributed by atoms with E-state index >= 15 is 0 Å². The summed E-state index contributed by atoms with van der Waals surface area (Å²) in [5, 5.41) is 17.7. The lowest BCUT2D eigenvalue weighted by molar-refractivity contribution is -0.169. The zero-order chi connectivity index (χ0) is 11.9. The molecule has 0 heterocycles. The summed E-state index contributed by atoms with van der Waals surface area (Å²) in [6.07, 6.45) is 0.550. The van der Waals surface area contributed by atoms with Gasteiger partial charge in [0.15, 0.2) is 5.41 Å². The van der Waals surface area contributed by atoms with E-state index in [2.05, 4.69) is 0 Å². The number of carbonyl (C=O) groups excluding carboxylic acids is 1. The molecule has 0 aromatic heterocycles. The first-order chi connectivity index (χ1) is 7.05. The third-order valence-electron chi connectivity index (χ3n) is 2.44. The maximum absolute atomic E-state index is 11.6. The highest BCUT2D eigenvalue weighted by Crippen LogP contribution is 2.30. The van der Waals surface area contributed by atoms with Gasteiger partial charge in [0.25, 0.3) is 0 Å². The van der Waals surface area contributed by atoms with Crippen molar-refractivity contribution in [3.8, 4) is 0 Å². The number of aliphatic hydroxyl groups excluding tert-OH is 1. The molecule has 2 N–H and O–H groups in total. The molecule has 5 nitrogen and oxygen atoms in total. The third kappa shape index (κ3) is 3.20. The van der Waals surface area contributed by atoms with Crippen LogP contribution in [0.5, 0.6) is 0 Å². The number of carboxylic acids is 1. The molecule has 0 saturated heterocycles. The standard InChI is InChI=1S/C10H18O5/c1-3-10(8(12)13,6-5-7-11)9(14)15-4-2/h11H,3-7H2,1-2H3,(H,12,13). The number of hydrogen-bond acceptors (Lipinski definition) is 4. The maximum atomic E-state index is 11.6. The fraction of sp³-hybridized carbons (Fsp3) is 0.800. The molecular weight excluding hydrogens is 200 g/mol. The van der Waals surface area contributed by atoms with Gasteiger partial charge < -0.3 is 14.9 Å². The quantitative estimate of drug-likeness (QED) is 0.488. The number of aliphatic hydroxyl groups is 1. The van der Waals surface area contributed by atoms with Gasteiger partial charge in [-0.05, 0) is 26.2 Å². The Balaban J connectivity index is 4.79. The van der Waals surface area contributed by atoms with E-state index in [-0.39, 0.29) is 32.5 Å². The molecule has 0 bridgehead atoms. The first kappa shape index (κ1) is 13.9. The predicted molar refractivity (Wildman–Crippen MR) is 53.3 cm³/mol. The molecule has 0 aliphatic heterocycles. The van der Waals surface area contributed by atoms with Crippen LogP contribution in [0.15, 0.2) is 0 Å². The fourth-order valence-corrected chi connectivity index (χ4v) is 1.42. The summed E-state index contributed by atoms with van der Waals surface area (Å²) in [4.78, 5) is 22.7. The van der Waals surface area contributed by atoms with E-state index in [4.69, 9.17) is 14.9 Å². The van der Waals surface area contributed by atoms with E-state index in [0.717, 1.165) is 0 Å². The van der Waals surface area contributed by atoms with Crippen molar-refractivity contribution in [2.24, 2.45) is 5.41 Å². The fourth-order valence-electron chi connectivity index (χ4n) is 1.42. The smallest absolute Gasteiger partial charge is 0.323 e. The van der Waals surface area contributed by atoms with Gasteiger partial charge >= 0.3 is 11.9 Å². The van der Waals surface area contributed by atoms with Crippen LogP contribution in [-0.2, 0) is 14.3 Å². The molecule has 0 amide bonds. The molecule has 1 unspecified atom stereocenters. The Kier molecular flexibility index (Phi) is 5.93. The van der Waals surface area contributed by atoms with Crippen LogP contribution < -0.4 is 0 Å². The van der Waals surface area contributed by atoms with Crippen LogP contribution in [0.1, 0.15) is 33.1 Å². The maximum Gasteiger partial charge on any atom is 0.323 e. The Morgan fingerprint density at radius 3 is 2.27 bits per heavy atom. The van der Waals surface area contributed by atoms with E-state index in [1.165, 1.54) is 0 Å². The van der Waals surface area contributed by atoms with Crippen LogP contribution in [0, 0.1) is 5.41 Å². The summed E-state index contributed by atoms with van der Waals surface area (Å²) in [6, 6.07) is 0. The van der Waals surface area contributed by atoms with Gasteiger partial charge in [-0.3, -0.25) is 9.59 Å². The summed E-state index contributed by atoms with van der Waals surface area (Å²) in [7, 11) is 0. The van der Waals surface area contributed by atoms with Crippen molar-refractivity contribution in [3.05, 3.63) is 0 Å². The highest BCUT2D eigenvalue weighted by Gasteiger charge is 2.45. The average Bonchev–Trinajstić information content (AvgIpc) is 2.19. The first-order valence-electron chi connectivity index (χ1n) is 5.06. The van der Waals surface area contributed by atoms with E-state index in [9.17, 15) is 9.59 Å². The van der Waals surface area contributed by atoms with Gasteiger partial charge in [-0.1, -0.05) is 6.92 Å². The highest BCUT2D eigenvalue weighted by molar-refractivity contribution is 5.99. The van der Waals surface area contributed by atoms with Crippen LogP contribution in [0.25, 0.3) is 0 Å². The topological polar surface area (TPSA) is 83.8 Å². The molecule has 0 spiro atoms. The van der Waals surface area contributed by atoms with Crippen molar-refractivity contribution in [2.45, 2.75) is 33.1 Å². The van der Waals surface area contributed by atoms with Gasteiger partial charge in [0, 0.05) is 6.61 Å². The summed E-state index contributed by atoms with van der Waals surface area (Å²) >= 11 is 0. The molecule has 1 atom stereocenters. The molecular formula is C10H18O5. The minimum absolute atomic E-state index is 0.105. The van der Waals surface area contributed by atoms with Crippen molar-refractivity contribution >= 4 is 11.9 Å². The number of aliphatic carboxylic acids is 1. The van der Waals surface area contributed by atoms with Gasteiger partial charge in [0.1, 0.15) is 0 Å². The lowest BCUT2D eigenvalue weighted by Crippen LogP contribution is -2.40. The monoisotopic (exact) mass is 218 g/mol. The molecule has 0 radical (unpaired) electrons. The molecule has 0 aliphatic rings. The molecule has 0 aromatic rings. The van der Waals surface area contributed by atoms with Crippen LogP contribution in [0.3, 0.4) is 0 Å². The van der Waals surface area contributed by atoms with Gasteiger partial charge in [-0.15, -0.1) is 0 Å². The molecule has 0 saturated carbocycles. The predicted octanol–water partition coefficient (Wildman–Crippen LogP) is 0.803. The minimum Gasteiger partial charge on any atom is -0.480 e. The Bertz CT molecular complexity index is 226. The zero-order valence-corrected chi connectivity index (χ0v) is 9.15. The summed E-state index contributed by atoms with van der Waals surface area (Å²) < 4.78 is 4.76. The molecule has 88 valence electrons. The Labute approximate surface area is 89.0 Å². The van der Waals surface area contributed by atoms with Crippen LogP contribution >= 0.6 is 0 Å². The van der Waals surface area contributed by atoms with Crippen molar-refractivity contribution < 1.29 is 24.5 Å². The molecule has 5 heteroatoms. The molecule has 0 aliphatic carbocycles. The lowest BCUT2D eigenvalue weighted by Gasteiger charge is -2.25. The summed E-state index contributed by atoms with van der Waals surface area (Å²) in [6.45, 7) is 3.29. The van der Waals surface area contributed by atoms with Crippen LogP contribution in [0.4, 0.5) is 0 Å². The van der Waals surface area contributed by atoms with E-state index in [1.54, 1.807) is 13.8 Å². The Hall–Kier alpha value is -1.10. The zero-order valence-electron chi connectivity index (χ0n) is 9.15. The molecule has 15 heavy (non-hydrogen) atoms. The van der Waals surface area contributed by atoms with E-state index in [1.807, 2.05) is 0 Å². The van der Waals surface area contributed by atoms with Crippen molar-refractivity contribution in [2.75, 3.05) is 13.2 Å². The second kappa shape index (κ2) is 6.40. The summed E-state index contributed by atoms with van der Waals surface area (Å²) in [5.41, 5.74) is -1.50. The second-order valence-corrected chi connectivity index (χ2v) is 3.29. The van der Waals surface area contributed by atoms with Crippen LogP contribution in [-0.4, -0.2) is 35.4 Å². The number of carboxylic acid groups (broad SMARTS) is 1. The number of rotatable bonds is 7. The van der Waals surface area contributed by atoms with E-state index in [0.29, 0.717) is 0 Å². The SMILES string of the molecule is CCOC(=O)C(CC)(CCCO)C(=O)O. The molecule has 0 rings (SSSR count). The van der Waals surface area contributed by atoms with Crippen molar-refractivity contribution in [1.29, 1.82) is 0 Å². The van der Waals surface area contributed by atoms with Crippen molar-refractivity contribution in [1.82, 2.24) is 0 Å².